The van der Waals surface area contributed by atoms with Crippen molar-refractivity contribution in [1.82, 2.24) is 15.3 Å². The van der Waals surface area contributed by atoms with E-state index < -0.39 is 12.0 Å². The van der Waals surface area contributed by atoms with Crippen LogP contribution in [0.1, 0.15) is 13.8 Å². The number of thioether (sulfide) groups is 1. The van der Waals surface area contributed by atoms with Gasteiger partial charge in [-0.05, 0) is 0 Å². The van der Waals surface area contributed by atoms with E-state index in [0.29, 0.717) is 5.75 Å². The van der Waals surface area contributed by atoms with Gasteiger partial charge in [-0.3, -0.25) is 9.78 Å². The third-order valence-electron chi connectivity index (χ3n) is 1.77. The van der Waals surface area contributed by atoms with Crippen molar-refractivity contribution in [2.45, 2.75) is 31.0 Å². The van der Waals surface area contributed by atoms with Crippen molar-refractivity contribution in [1.29, 1.82) is 0 Å². The Kier molecular flexibility index (Phi) is 5.21. The van der Waals surface area contributed by atoms with Crippen LogP contribution in [0.15, 0.2) is 23.6 Å². The van der Waals surface area contributed by atoms with E-state index in [1.54, 1.807) is 18.6 Å². The summed E-state index contributed by atoms with van der Waals surface area (Å²) in [7, 11) is 0. The maximum atomic E-state index is 10.9. The second-order valence-corrected chi connectivity index (χ2v) is 4.61. The molecule has 0 aliphatic heterocycles. The fourth-order valence-corrected chi connectivity index (χ4v) is 1.97. The molecule has 0 radical (unpaired) electrons. The third kappa shape index (κ3) is 4.59. The number of rotatable bonds is 6. The number of nitrogens with one attached hydrogen (secondary N) is 1. The van der Waals surface area contributed by atoms with Gasteiger partial charge in [0, 0.05) is 24.2 Å². The largest absolute Gasteiger partial charge is 0.480 e. The lowest BCUT2D eigenvalue weighted by atomic mass is 10.3. The van der Waals surface area contributed by atoms with Crippen LogP contribution in [0.2, 0.25) is 0 Å². The first-order valence-corrected chi connectivity index (χ1v) is 5.96. The summed E-state index contributed by atoms with van der Waals surface area (Å²) < 4.78 is 0. The number of carboxylic acid groups (broad SMARTS) is 1. The van der Waals surface area contributed by atoms with Gasteiger partial charge in [0.15, 0.2) is 0 Å². The lowest BCUT2D eigenvalue weighted by molar-refractivity contribution is -0.139. The van der Waals surface area contributed by atoms with Gasteiger partial charge in [-0.25, -0.2) is 4.98 Å². The fourth-order valence-electron chi connectivity index (χ4n) is 1.12. The molecule has 0 saturated heterocycles. The molecule has 1 rings (SSSR count). The fraction of sp³-hybridized carbons (Fsp3) is 0.500. The molecule has 0 amide bonds. The predicted octanol–water partition coefficient (Wildman–Crippen LogP) is 1.02. The number of aromatic nitrogens is 2. The summed E-state index contributed by atoms with van der Waals surface area (Å²) in [6.07, 6.45) is 4.80. The molecule has 0 aliphatic rings. The van der Waals surface area contributed by atoms with E-state index in [1.807, 2.05) is 13.8 Å². The van der Waals surface area contributed by atoms with E-state index in [1.165, 1.54) is 11.8 Å². The maximum Gasteiger partial charge on any atom is 0.321 e. The van der Waals surface area contributed by atoms with Crippen molar-refractivity contribution in [3.8, 4) is 0 Å². The first kappa shape index (κ1) is 12.9. The summed E-state index contributed by atoms with van der Waals surface area (Å²) in [5, 5.41) is 12.7. The van der Waals surface area contributed by atoms with Crippen molar-refractivity contribution < 1.29 is 9.90 Å². The van der Waals surface area contributed by atoms with E-state index in [2.05, 4.69) is 15.3 Å². The SMILES string of the molecule is CC(C)NC(CSc1cnccn1)C(=O)O. The van der Waals surface area contributed by atoms with Crippen LogP contribution in [-0.4, -0.2) is 38.9 Å². The van der Waals surface area contributed by atoms with Crippen LogP contribution in [0.4, 0.5) is 0 Å². The van der Waals surface area contributed by atoms with Crippen molar-refractivity contribution in [2.24, 2.45) is 0 Å². The molecular weight excluding hydrogens is 226 g/mol. The van der Waals surface area contributed by atoms with Gasteiger partial charge >= 0.3 is 5.97 Å². The smallest absolute Gasteiger partial charge is 0.321 e. The Balaban J connectivity index is 2.47. The number of aliphatic carboxylic acids is 1. The highest BCUT2D eigenvalue weighted by molar-refractivity contribution is 7.99. The van der Waals surface area contributed by atoms with Gasteiger partial charge in [0.2, 0.25) is 0 Å². The van der Waals surface area contributed by atoms with Crippen LogP contribution in [0.3, 0.4) is 0 Å². The van der Waals surface area contributed by atoms with Crippen LogP contribution >= 0.6 is 11.8 Å². The van der Waals surface area contributed by atoms with E-state index >= 15 is 0 Å². The van der Waals surface area contributed by atoms with Crippen LogP contribution in [0, 0.1) is 0 Å². The summed E-state index contributed by atoms with van der Waals surface area (Å²) in [6, 6.07) is -0.421. The van der Waals surface area contributed by atoms with Crippen molar-refractivity contribution in [3.63, 3.8) is 0 Å². The highest BCUT2D eigenvalue weighted by Crippen LogP contribution is 2.14. The lowest BCUT2D eigenvalue weighted by Gasteiger charge is -2.16. The lowest BCUT2D eigenvalue weighted by Crippen LogP contribution is -2.42. The van der Waals surface area contributed by atoms with Crippen molar-refractivity contribution in [2.75, 3.05) is 5.75 Å². The first-order valence-electron chi connectivity index (χ1n) is 4.97. The van der Waals surface area contributed by atoms with Crippen LogP contribution in [0.25, 0.3) is 0 Å². The molecule has 5 nitrogen and oxygen atoms in total. The highest BCUT2D eigenvalue weighted by atomic mass is 32.2. The molecule has 0 bridgehead atoms. The van der Waals surface area contributed by atoms with Crippen LogP contribution in [0.5, 0.6) is 0 Å². The number of nitrogens with zero attached hydrogens (tertiary/aromatic N) is 2. The van der Waals surface area contributed by atoms with E-state index in [0.717, 1.165) is 5.03 Å². The standard InChI is InChI=1S/C10H15N3O2S/c1-7(2)13-8(10(14)15)6-16-9-5-11-3-4-12-9/h3-5,7-8,13H,6H2,1-2H3,(H,14,15). The second-order valence-electron chi connectivity index (χ2n) is 3.57. The van der Waals surface area contributed by atoms with Crippen LogP contribution in [-0.2, 0) is 4.79 Å². The van der Waals surface area contributed by atoms with Crippen molar-refractivity contribution in [3.05, 3.63) is 18.6 Å². The molecule has 0 aliphatic carbocycles. The van der Waals surface area contributed by atoms with Gasteiger partial charge in [0.25, 0.3) is 0 Å². The number of carboxylic acids is 1. The zero-order valence-corrected chi connectivity index (χ0v) is 10.1. The molecule has 0 fully saturated rings. The average Bonchev–Trinajstić information content (AvgIpc) is 2.25. The van der Waals surface area contributed by atoms with E-state index in [4.69, 9.17) is 5.11 Å². The van der Waals surface area contributed by atoms with E-state index in [9.17, 15) is 4.79 Å². The second kappa shape index (κ2) is 6.44. The number of carbonyl (C=O) groups is 1. The van der Waals surface area contributed by atoms with Gasteiger partial charge in [-0.2, -0.15) is 0 Å². The molecule has 2 N–H and O–H groups in total. The minimum atomic E-state index is -0.843. The molecule has 1 unspecified atom stereocenters. The van der Waals surface area contributed by atoms with Crippen molar-refractivity contribution >= 4 is 17.7 Å². The minimum Gasteiger partial charge on any atom is -0.480 e. The Bertz CT molecular complexity index is 332. The van der Waals surface area contributed by atoms with Gasteiger partial charge in [0.05, 0.1) is 6.20 Å². The molecule has 1 atom stereocenters. The molecule has 0 aromatic carbocycles. The summed E-state index contributed by atoms with van der Waals surface area (Å²) in [5.74, 6) is -0.406. The Morgan fingerprint density at radius 1 is 1.56 bits per heavy atom. The predicted molar refractivity (Wildman–Crippen MR) is 62.5 cm³/mol. The minimum absolute atomic E-state index is 0.142. The summed E-state index contributed by atoms with van der Waals surface area (Å²) in [4.78, 5) is 18.9. The zero-order chi connectivity index (χ0) is 12.0. The molecule has 1 aromatic rings. The molecule has 1 heterocycles. The zero-order valence-electron chi connectivity index (χ0n) is 9.25. The Hall–Kier alpha value is -1.14. The van der Waals surface area contributed by atoms with Crippen LogP contribution < -0.4 is 5.32 Å². The Labute approximate surface area is 98.7 Å². The topological polar surface area (TPSA) is 75.1 Å². The maximum absolute atomic E-state index is 10.9. The highest BCUT2D eigenvalue weighted by Gasteiger charge is 2.18. The summed E-state index contributed by atoms with van der Waals surface area (Å²) in [6.45, 7) is 3.84. The first-order chi connectivity index (χ1) is 7.59. The summed E-state index contributed by atoms with van der Waals surface area (Å²) in [5.41, 5.74) is 0. The monoisotopic (exact) mass is 241 g/mol. The average molecular weight is 241 g/mol. The van der Waals surface area contributed by atoms with Gasteiger partial charge < -0.3 is 10.4 Å². The quantitative estimate of drug-likeness (QED) is 0.724. The normalized spacial score (nSPS) is 12.7. The molecule has 0 spiro atoms. The van der Waals surface area contributed by atoms with E-state index in [-0.39, 0.29) is 6.04 Å². The Morgan fingerprint density at radius 2 is 2.31 bits per heavy atom. The summed E-state index contributed by atoms with van der Waals surface area (Å²) >= 11 is 1.38. The molecule has 16 heavy (non-hydrogen) atoms. The molecular formula is C10H15N3O2S. The molecule has 6 heteroatoms. The Morgan fingerprint density at radius 3 is 2.81 bits per heavy atom. The van der Waals surface area contributed by atoms with Gasteiger partial charge in [-0.15, -0.1) is 11.8 Å². The molecule has 1 aromatic heterocycles. The third-order valence-corrected chi connectivity index (χ3v) is 2.78. The number of hydrogen-bond donors (Lipinski definition) is 2. The van der Waals surface area contributed by atoms with Gasteiger partial charge in [0.1, 0.15) is 11.1 Å². The van der Waals surface area contributed by atoms with Gasteiger partial charge in [-0.1, -0.05) is 13.8 Å². The molecule has 0 saturated carbocycles. The number of hydrogen-bond acceptors (Lipinski definition) is 5. The molecule has 88 valence electrons.